The Morgan fingerprint density at radius 3 is 2.40 bits per heavy atom. The summed E-state index contributed by atoms with van der Waals surface area (Å²) in [6.45, 7) is 7.98. The Kier molecular flexibility index (Phi) is 8.51. The molecule has 2 fully saturated rings. The van der Waals surface area contributed by atoms with Crippen LogP contribution >= 0.6 is 0 Å². The van der Waals surface area contributed by atoms with E-state index in [0.29, 0.717) is 57.6 Å². The fourth-order valence-corrected chi connectivity index (χ4v) is 6.45. The summed E-state index contributed by atoms with van der Waals surface area (Å²) in [4.78, 5) is 42.5. The van der Waals surface area contributed by atoms with Crippen molar-refractivity contribution in [3.63, 3.8) is 0 Å². The zero-order chi connectivity index (χ0) is 30.9. The standard InChI is InChI=1S/C31H36F3N5O4/c1-30(2)24-7-6-22(27(30)19-24)20-38(29(41)35-25-10-8-23(9-11-25)31(32,33)34)17-14-36-12-15-37(16-13-36)28(40)21-4-3-5-26(18-21)39(42)43/h3-6,8-11,18,24,27H,7,12-17,19-20H2,1-2H3,(H,35,41). The number of fused-ring (bicyclic) bond motifs is 1. The molecule has 2 bridgehead atoms. The van der Waals surface area contributed by atoms with Crippen LogP contribution in [0.4, 0.5) is 29.3 Å². The summed E-state index contributed by atoms with van der Waals surface area (Å²) in [5, 5.41) is 13.9. The summed E-state index contributed by atoms with van der Waals surface area (Å²) in [7, 11) is 0. The van der Waals surface area contributed by atoms with E-state index in [-0.39, 0.29) is 34.3 Å². The van der Waals surface area contributed by atoms with Gasteiger partial charge in [0, 0.05) is 69.2 Å². The molecule has 1 heterocycles. The lowest BCUT2D eigenvalue weighted by Gasteiger charge is -2.57. The van der Waals surface area contributed by atoms with Gasteiger partial charge in [-0.05, 0) is 60.4 Å². The zero-order valence-corrected chi connectivity index (χ0v) is 24.3. The highest BCUT2D eigenvalue weighted by Gasteiger charge is 2.51. The highest BCUT2D eigenvalue weighted by atomic mass is 19.4. The van der Waals surface area contributed by atoms with Crippen LogP contribution in [0.25, 0.3) is 0 Å². The van der Waals surface area contributed by atoms with Crippen molar-refractivity contribution in [2.75, 3.05) is 51.1 Å². The normalized spacial score (nSPS) is 21.4. The van der Waals surface area contributed by atoms with E-state index in [1.807, 2.05) is 0 Å². The smallest absolute Gasteiger partial charge is 0.336 e. The molecule has 4 aliphatic rings. The van der Waals surface area contributed by atoms with Gasteiger partial charge in [-0.15, -0.1) is 0 Å². The number of nitrogens with one attached hydrogen (secondary N) is 1. The third kappa shape index (κ3) is 6.69. The summed E-state index contributed by atoms with van der Waals surface area (Å²) in [5.74, 6) is 0.791. The maximum Gasteiger partial charge on any atom is 0.416 e. The lowest BCUT2D eigenvalue weighted by atomic mass is 9.49. The molecule has 9 nitrogen and oxygen atoms in total. The molecule has 0 aromatic heterocycles. The van der Waals surface area contributed by atoms with Crippen LogP contribution in [-0.2, 0) is 6.18 Å². The molecule has 43 heavy (non-hydrogen) atoms. The van der Waals surface area contributed by atoms with Gasteiger partial charge in [-0.1, -0.05) is 31.6 Å². The van der Waals surface area contributed by atoms with Gasteiger partial charge in [0.05, 0.1) is 10.5 Å². The molecule has 2 aromatic rings. The van der Waals surface area contributed by atoms with Crippen molar-refractivity contribution in [3.8, 4) is 0 Å². The first-order valence-corrected chi connectivity index (χ1v) is 14.5. The Balaban J connectivity index is 1.21. The van der Waals surface area contributed by atoms with Gasteiger partial charge in [0.1, 0.15) is 0 Å². The van der Waals surface area contributed by atoms with Crippen LogP contribution in [0.5, 0.6) is 0 Å². The van der Waals surface area contributed by atoms with Crippen molar-refractivity contribution in [1.82, 2.24) is 14.7 Å². The molecule has 230 valence electrons. The van der Waals surface area contributed by atoms with Crippen LogP contribution in [0.15, 0.2) is 60.2 Å². The zero-order valence-electron chi connectivity index (χ0n) is 24.3. The van der Waals surface area contributed by atoms with Gasteiger partial charge in [0.15, 0.2) is 0 Å². The quantitative estimate of drug-likeness (QED) is 0.232. The number of halogens is 3. The molecule has 12 heteroatoms. The number of urea groups is 1. The van der Waals surface area contributed by atoms with E-state index < -0.39 is 16.7 Å². The Morgan fingerprint density at radius 2 is 1.79 bits per heavy atom. The summed E-state index contributed by atoms with van der Waals surface area (Å²) in [6, 6.07) is 9.75. The number of piperazine rings is 1. The highest BCUT2D eigenvalue weighted by molar-refractivity contribution is 5.95. The number of nitrogens with zero attached hydrogens (tertiary/aromatic N) is 4. The summed E-state index contributed by atoms with van der Waals surface area (Å²) in [5.41, 5.74) is 1.06. The number of non-ortho nitro benzene ring substituents is 1. The Morgan fingerprint density at radius 1 is 1.09 bits per heavy atom. The van der Waals surface area contributed by atoms with Gasteiger partial charge in [0.25, 0.3) is 11.6 Å². The number of nitro benzene ring substituents is 1. The molecule has 0 spiro atoms. The molecule has 3 amide bonds. The number of nitro groups is 1. The number of alkyl halides is 3. The Bertz CT molecular complexity index is 1400. The second kappa shape index (κ2) is 12.0. The van der Waals surface area contributed by atoms with Crippen LogP contribution in [0, 0.1) is 27.4 Å². The monoisotopic (exact) mass is 599 g/mol. The van der Waals surface area contributed by atoms with Crippen molar-refractivity contribution in [2.45, 2.75) is 32.9 Å². The van der Waals surface area contributed by atoms with Crippen molar-refractivity contribution in [2.24, 2.45) is 17.3 Å². The average Bonchev–Trinajstić information content (AvgIpc) is 2.99. The number of benzene rings is 2. The molecule has 2 atom stereocenters. The van der Waals surface area contributed by atoms with Gasteiger partial charge >= 0.3 is 12.2 Å². The first-order chi connectivity index (χ1) is 20.3. The minimum absolute atomic E-state index is 0.131. The fraction of sp³-hybridized carbons (Fsp3) is 0.484. The SMILES string of the molecule is CC1(C)C2CC=C(CN(CCN3CCN(C(=O)c4cccc([N+](=O)[O-])c4)CC3)C(=O)Nc3ccc(C(F)(F)F)cc3)C1C2. The van der Waals surface area contributed by atoms with E-state index in [4.69, 9.17) is 0 Å². The molecule has 1 saturated carbocycles. The maximum atomic E-state index is 13.4. The van der Waals surface area contributed by atoms with Gasteiger partial charge in [-0.3, -0.25) is 19.8 Å². The lowest BCUT2D eigenvalue weighted by molar-refractivity contribution is -0.384. The third-order valence-electron chi connectivity index (χ3n) is 9.36. The minimum atomic E-state index is -4.46. The molecular weight excluding hydrogens is 563 g/mol. The molecule has 1 N–H and O–H groups in total. The largest absolute Gasteiger partial charge is 0.416 e. The topological polar surface area (TPSA) is 99.0 Å². The second-order valence-corrected chi connectivity index (χ2v) is 12.2. The lowest BCUT2D eigenvalue weighted by Crippen LogP contribution is -2.52. The molecule has 1 aliphatic heterocycles. The molecule has 2 aromatic carbocycles. The minimum Gasteiger partial charge on any atom is -0.336 e. The van der Waals surface area contributed by atoms with Crippen LogP contribution in [0.2, 0.25) is 0 Å². The maximum absolute atomic E-state index is 13.4. The number of carbonyl (C=O) groups excluding carboxylic acids is 2. The highest BCUT2D eigenvalue weighted by Crippen LogP contribution is 2.59. The van der Waals surface area contributed by atoms with Crippen molar-refractivity contribution in [1.29, 1.82) is 0 Å². The molecule has 2 unspecified atom stereocenters. The number of amides is 3. The number of carbonyl (C=O) groups is 2. The molecule has 3 aliphatic carbocycles. The van der Waals surface area contributed by atoms with Crippen LogP contribution in [0.3, 0.4) is 0 Å². The molecule has 1 saturated heterocycles. The van der Waals surface area contributed by atoms with Gasteiger partial charge in [-0.2, -0.15) is 13.2 Å². The van der Waals surface area contributed by atoms with Gasteiger partial charge < -0.3 is 15.1 Å². The van der Waals surface area contributed by atoms with Crippen LogP contribution in [-0.4, -0.2) is 77.4 Å². The van der Waals surface area contributed by atoms with E-state index in [9.17, 15) is 32.9 Å². The summed E-state index contributed by atoms with van der Waals surface area (Å²) in [6.07, 6.45) is -0.133. The Hall–Kier alpha value is -3.93. The molecule has 0 radical (unpaired) electrons. The van der Waals surface area contributed by atoms with E-state index in [1.165, 1.54) is 35.9 Å². The Labute approximate surface area is 248 Å². The molecule has 6 rings (SSSR count). The number of allylic oxidation sites excluding steroid dienone is 1. The van der Waals surface area contributed by atoms with E-state index in [0.717, 1.165) is 25.0 Å². The van der Waals surface area contributed by atoms with E-state index in [1.54, 1.807) is 15.9 Å². The van der Waals surface area contributed by atoms with E-state index >= 15 is 0 Å². The van der Waals surface area contributed by atoms with Crippen molar-refractivity contribution >= 4 is 23.3 Å². The number of rotatable bonds is 8. The predicted molar refractivity (Wildman–Crippen MR) is 156 cm³/mol. The number of hydrogen-bond acceptors (Lipinski definition) is 5. The van der Waals surface area contributed by atoms with Crippen LogP contribution < -0.4 is 5.32 Å². The van der Waals surface area contributed by atoms with Crippen molar-refractivity contribution in [3.05, 3.63) is 81.4 Å². The number of hydrogen-bond donors (Lipinski definition) is 1. The van der Waals surface area contributed by atoms with Gasteiger partial charge in [-0.25, -0.2) is 4.79 Å². The predicted octanol–water partition coefficient (Wildman–Crippen LogP) is 5.90. The number of anilines is 1. The summed E-state index contributed by atoms with van der Waals surface area (Å²) >= 11 is 0. The third-order valence-corrected chi connectivity index (χ3v) is 9.36. The van der Waals surface area contributed by atoms with E-state index in [2.05, 4.69) is 30.1 Å². The van der Waals surface area contributed by atoms with Crippen LogP contribution in [0.1, 0.15) is 42.6 Å². The van der Waals surface area contributed by atoms with Crippen molar-refractivity contribution < 1.29 is 27.7 Å². The average molecular weight is 600 g/mol. The fourth-order valence-electron chi connectivity index (χ4n) is 6.45. The summed E-state index contributed by atoms with van der Waals surface area (Å²) < 4.78 is 39.0. The first-order valence-electron chi connectivity index (χ1n) is 14.5. The van der Waals surface area contributed by atoms with Gasteiger partial charge in [0.2, 0.25) is 0 Å². The molecular formula is C31H36F3N5O4. The second-order valence-electron chi connectivity index (χ2n) is 12.2. The first kappa shape index (κ1) is 30.5.